The predicted molar refractivity (Wildman–Crippen MR) is 150 cm³/mol. The van der Waals surface area contributed by atoms with E-state index in [0.717, 1.165) is 18.3 Å². The van der Waals surface area contributed by atoms with Crippen LogP contribution in [-0.4, -0.2) is 59.5 Å². The van der Waals surface area contributed by atoms with Gasteiger partial charge in [0.15, 0.2) is 0 Å². The van der Waals surface area contributed by atoms with E-state index in [2.05, 4.69) is 15.0 Å². The summed E-state index contributed by atoms with van der Waals surface area (Å²) in [6.45, 7) is -1.94. The highest BCUT2D eigenvalue weighted by atomic mass is 35.5. The summed E-state index contributed by atoms with van der Waals surface area (Å²) in [6.07, 6.45) is -9.04. The molecule has 2 aromatic carbocycles. The lowest BCUT2D eigenvalue weighted by molar-refractivity contribution is -0.253. The highest BCUT2D eigenvalue weighted by Crippen LogP contribution is 2.37. The molecule has 0 aliphatic carbocycles. The van der Waals surface area contributed by atoms with Gasteiger partial charge in [-0.3, -0.25) is 14.6 Å². The number of halogens is 8. The Kier molecular flexibility index (Phi) is 11.8. The van der Waals surface area contributed by atoms with Gasteiger partial charge >= 0.3 is 30.5 Å². The average molecular weight is 679 g/mol. The number of alkyl halides is 6. The zero-order valence-electron chi connectivity index (χ0n) is 23.5. The van der Waals surface area contributed by atoms with Gasteiger partial charge in [0.1, 0.15) is 17.1 Å². The number of nitrogens with zero attached hydrogens (tertiary/aromatic N) is 1. The van der Waals surface area contributed by atoms with E-state index in [4.69, 9.17) is 16.7 Å². The molecule has 3 amide bonds. The van der Waals surface area contributed by atoms with Gasteiger partial charge in [-0.1, -0.05) is 41.9 Å². The van der Waals surface area contributed by atoms with Crippen LogP contribution in [0.3, 0.4) is 0 Å². The molecule has 248 valence electrons. The first-order valence-corrected chi connectivity index (χ1v) is 13.7. The molecule has 1 atom stereocenters. The summed E-state index contributed by atoms with van der Waals surface area (Å²) in [6, 6.07) is 11.1. The second kappa shape index (κ2) is 15.1. The minimum absolute atomic E-state index is 0.107. The summed E-state index contributed by atoms with van der Waals surface area (Å²) in [5.74, 6) is -9.49. The lowest BCUT2D eigenvalue weighted by Gasteiger charge is -2.36. The summed E-state index contributed by atoms with van der Waals surface area (Å²) in [5.41, 5.74) is -2.14. The molecule has 46 heavy (non-hydrogen) atoms. The number of urea groups is 1. The SMILES string of the molecule is O=C(O)CCCNC(=O)C(F)(F)CNC(=O)NC(Cc1ccccc1)(c1cc(F)cc(OC(F)(F)C(F)F)c1)c1ccc(Cl)cn1. The number of carboxylic acid groups (broad SMARTS) is 1. The van der Waals surface area contributed by atoms with Crippen LogP contribution in [0.4, 0.5) is 35.5 Å². The predicted octanol–water partition coefficient (Wildman–Crippen LogP) is 5.51. The van der Waals surface area contributed by atoms with Crippen molar-refractivity contribution in [3.8, 4) is 5.75 Å². The highest BCUT2D eigenvalue weighted by molar-refractivity contribution is 6.30. The molecule has 0 radical (unpaired) electrons. The molecule has 0 fully saturated rings. The van der Waals surface area contributed by atoms with Crippen molar-refractivity contribution < 1.29 is 55.0 Å². The van der Waals surface area contributed by atoms with Gasteiger partial charge < -0.3 is 25.8 Å². The molecule has 0 saturated heterocycles. The Morgan fingerprint density at radius 2 is 1.67 bits per heavy atom. The lowest BCUT2D eigenvalue weighted by Crippen LogP contribution is -2.55. The fourth-order valence-electron chi connectivity index (χ4n) is 4.20. The zero-order chi connectivity index (χ0) is 34.1. The zero-order valence-corrected chi connectivity index (χ0v) is 24.3. The first kappa shape index (κ1) is 35.9. The van der Waals surface area contributed by atoms with Crippen molar-refractivity contribution in [2.45, 2.75) is 43.3 Å². The van der Waals surface area contributed by atoms with Gasteiger partial charge in [0.05, 0.1) is 17.3 Å². The van der Waals surface area contributed by atoms with Gasteiger partial charge in [0, 0.05) is 31.6 Å². The number of hydrogen-bond donors (Lipinski definition) is 4. The van der Waals surface area contributed by atoms with Gasteiger partial charge in [0.25, 0.3) is 5.91 Å². The first-order chi connectivity index (χ1) is 21.5. The fraction of sp³-hybridized carbons (Fsp3) is 0.310. The minimum atomic E-state index is -5.03. The topological polar surface area (TPSA) is 130 Å². The standard InChI is InChI=1S/C29H26ClF7N4O5/c30-19-8-9-22(39-15-19)27(14-17-5-2-1-3-6-17,18-11-20(31)13-21(12-18)46-29(36,37)24(32)33)41-26(45)40-16-28(34,35)25(44)38-10-4-7-23(42)43/h1-3,5-6,8-9,11-13,15,24H,4,7,10,14,16H2,(H,38,44)(H,42,43)(H2,40,41,45). The number of aliphatic carboxylic acids is 1. The largest absolute Gasteiger partial charge is 0.481 e. The second-order valence-electron chi connectivity index (χ2n) is 9.83. The number of rotatable bonds is 15. The third kappa shape index (κ3) is 9.70. The number of pyridine rings is 1. The van der Waals surface area contributed by atoms with Gasteiger partial charge in [-0.25, -0.2) is 9.18 Å². The Hall–Kier alpha value is -4.60. The molecule has 3 rings (SSSR count). The number of nitrogens with one attached hydrogen (secondary N) is 3. The van der Waals surface area contributed by atoms with Gasteiger partial charge in [-0.2, -0.15) is 26.3 Å². The van der Waals surface area contributed by atoms with Crippen LogP contribution in [0.2, 0.25) is 5.02 Å². The Morgan fingerprint density at radius 3 is 2.28 bits per heavy atom. The maximum Gasteiger partial charge on any atom is 0.461 e. The van der Waals surface area contributed by atoms with Crippen molar-refractivity contribution in [3.05, 3.63) is 94.5 Å². The minimum Gasteiger partial charge on any atom is -0.481 e. The van der Waals surface area contributed by atoms with E-state index in [0.29, 0.717) is 11.6 Å². The smallest absolute Gasteiger partial charge is 0.461 e. The van der Waals surface area contributed by atoms with Crippen LogP contribution in [0.15, 0.2) is 66.9 Å². The molecular formula is C29H26ClF7N4O5. The van der Waals surface area contributed by atoms with Crippen molar-refractivity contribution in [2.75, 3.05) is 13.1 Å². The van der Waals surface area contributed by atoms with Crippen LogP contribution in [0.25, 0.3) is 0 Å². The Balaban J connectivity index is 2.03. The summed E-state index contributed by atoms with van der Waals surface area (Å²) in [4.78, 5) is 39.9. The van der Waals surface area contributed by atoms with Crippen LogP contribution in [0.5, 0.6) is 5.75 Å². The normalized spacial score (nSPS) is 13.1. The summed E-state index contributed by atoms with van der Waals surface area (Å²) in [7, 11) is 0. The molecule has 0 aliphatic rings. The number of carbonyl (C=O) groups is 3. The summed E-state index contributed by atoms with van der Waals surface area (Å²) < 4.78 is 101. The van der Waals surface area contributed by atoms with E-state index >= 15 is 0 Å². The molecule has 1 unspecified atom stereocenters. The number of amides is 3. The van der Waals surface area contributed by atoms with Gasteiger partial charge in [-0.05, 0) is 41.8 Å². The number of ether oxygens (including phenoxy) is 1. The Labute approximate surface area is 262 Å². The van der Waals surface area contributed by atoms with Gasteiger partial charge in [0.2, 0.25) is 0 Å². The number of hydrogen-bond acceptors (Lipinski definition) is 5. The van der Waals surface area contributed by atoms with E-state index in [9.17, 15) is 45.1 Å². The molecule has 4 N–H and O–H groups in total. The lowest BCUT2D eigenvalue weighted by atomic mass is 9.80. The number of carbonyl (C=O) groups excluding carboxylic acids is 2. The molecule has 3 aromatic rings. The first-order valence-electron chi connectivity index (χ1n) is 13.3. The van der Waals surface area contributed by atoms with Crippen LogP contribution in [0.1, 0.15) is 29.7 Å². The molecule has 0 saturated carbocycles. The van der Waals surface area contributed by atoms with E-state index in [-0.39, 0.29) is 42.1 Å². The molecule has 0 aliphatic heterocycles. The monoisotopic (exact) mass is 678 g/mol. The number of aromatic nitrogens is 1. The van der Waals surface area contributed by atoms with Crippen LogP contribution in [0, 0.1) is 5.82 Å². The molecule has 0 bridgehead atoms. The summed E-state index contributed by atoms with van der Waals surface area (Å²) in [5, 5.41) is 14.8. The fourth-order valence-corrected chi connectivity index (χ4v) is 4.31. The summed E-state index contributed by atoms with van der Waals surface area (Å²) >= 11 is 5.97. The van der Waals surface area contributed by atoms with Crippen molar-refractivity contribution in [2.24, 2.45) is 0 Å². The van der Waals surface area contributed by atoms with Crippen molar-refractivity contribution in [1.29, 1.82) is 0 Å². The van der Waals surface area contributed by atoms with Crippen LogP contribution in [-0.2, 0) is 21.5 Å². The average Bonchev–Trinajstić information content (AvgIpc) is 2.98. The number of benzene rings is 2. The van der Waals surface area contributed by atoms with E-state index in [1.807, 2.05) is 10.6 Å². The molecule has 0 spiro atoms. The van der Waals surface area contributed by atoms with E-state index in [1.165, 1.54) is 12.1 Å². The van der Waals surface area contributed by atoms with Crippen LogP contribution >= 0.6 is 11.6 Å². The molecule has 1 aromatic heterocycles. The van der Waals surface area contributed by atoms with Crippen LogP contribution < -0.4 is 20.7 Å². The molecular weight excluding hydrogens is 653 g/mol. The Morgan fingerprint density at radius 1 is 0.978 bits per heavy atom. The third-order valence-corrected chi connectivity index (χ3v) is 6.56. The number of carboxylic acids is 1. The third-order valence-electron chi connectivity index (χ3n) is 6.33. The molecule has 1 heterocycles. The van der Waals surface area contributed by atoms with E-state index in [1.54, 1.807) is 30.3 Å². The Bertz CT molecular complexity index is 1520. The molecule has 9 nitrogen and oxygen atoms in total. The maximum absolute atomic E-state index is 14.9. The molecule has 17 heteroatoms. The van der Waals surface area contributed by atoms with Crippen molar-refractivity contribution in [3.63, 3.8) is 0 Å². The van der Waals surface area contributed by atoms with E-state index < -0.39 is 60.0 Å². The second-order valence-corrected chi connectivity index (χ2v) is 10.3. The van der Waals surface area contributed by atoms with Crippen molar-refractivity contribution in [1.82, 2.24) is 20.9 Å². The maximum atomic E-state index is 14.9. The quantitative estimate of drug-likeness (QED) is 0.124. The van der Waals surface area contributed by atoms with Gasteiger partial charge in [-0.15, -0.1) is 0 Å². The highest BCUT2D eigenvalue weighted by Gasteiger charge is 2.45. The van der Waals surface area contributed by atoms with Crippen molar-refractivity contribution >= 4 is 29.5 Å².